The fourth-order valence-electron chi connectivity index (χ4n) is 5.16. The maximum Gasteiger partial charge on any atom is 0.149 e. The Hall–Kier alpha value is -4.47. The molecule has 1 saturated carbocycles. The Morgan fingerprint density at radius 1 is 1.18 bits per heavy atom. The molecule has 2 atom stereocenters. The van der Waals surface area contributed by atoms with Crippen LogP contribution in [-0.2, 0) is 15.3 Å². The molecule has 0 saturated heterocycles. The van der Waals surface area contributed by atoms with Gasteiger partial charge in [0.1, 0.15) is 35.3 Å². The summed E-state index contributed by atoms with van der Waals surface area (Å²) < 4.78 is 40.5. The monoisotopic (exact) mass is 625 g/mol. The summed E-state index contributed by atoms with van der Waals surface area (Å²) in [7, 11) is 3.60. The van der Waals surface area contributed by atoms with E-state index in [1.807, 2.05) is 30.3 Å². The van der Waals surface area contributed by atoms with Crippen LogP contribution < -0.4 is 10.6 Å². The SMILES string of the molecule is [B]C(Nc1cc(Cl)c2ncc(C#N)c(N[C@H](CS(C)(=O)=O)c3ccccc3)c2c1)(c1ccc(F)cc1)c1cn(C2CC2)nn1. The van der Waals surface area contributed by atoms with Crippen LogP contribution in [0.25, 0.3) is 10.9 Å². The number of pyridine rings is 1. The molecular formula is C31H26BClFN7O2S. The van der Waals surface area contributed by atoms with Gasteiger partial charge in [-0.2, -0.15) is 5.26 Å². The van der Waals surface area contributed by atoms with Crippen molar-refractivity contribution >= 4 is 51.6 Å². The lowest BCUT2D eigenvalue weighted by atomic mass is 9.69. The lowest BCUT2D eigenvalue weighted by molar-refractivity contribution is 0.597. The number of sulfone groups is 1. The number of fused-ring (bicyclic) bond motifs is 1. The molecule has 2 aromatic heterocycles. The zero-order valence-electron chi connectivity index (χ0n) is 23.6. The number of aromatic nitrogens is 4. The van der Waals surface area contributed by atoms with E-state index in [9.17, 15) is 18.1 Å². The van der Waals surface area contributed by atoms with Crippen LogP contribution in [-0.4, -0.2) is 48.3 Å². The number of hydrogen-bond donors (Lipinski definition) is 2. The summed E-state index contributed by atoms with van der Waals surface area (Å²) in [5.74, 6) is -0.635. The van der Waals surface area contributed by atoms with Crippen LogP contribution in [0.15, 0.2) is 79.1 Å². The fourth-order valence-corrected chi connectivity index (χ4v) is 6.30. The van der Waals surface area contributed by atoms with Crippen molar-refractivity contribution in [3.05, 3.63) is 112 Å². The first-order valence-corrected chi connectivity index (χ1v) is 16.2. The highest BCUT2D eigenvalue weighted by Gasteiger charge is 2.34. The van der Waals surface area contributed by atoms with Gasteiger partial charge in [0.05, 0.1) is 51.3 Å². The molecule has 1 aliphatic rings. The predicted octanol–water partition coefficient (Wildman–Crippen LogP) is 5.50. The highest BCUT2D eigenvalue weighted by molar-refractivity contribution is 7.90. The summed E-state index contributed by atoms with van der Waals surface area (Å²) in [6, 6.07) is 20.0. The fraction of sp³-hybridized carbons (Fsp3) is 0.226. The first-order chi connectivity index (χ1) is 21.0. The number of anilines is 2. The van der Waals surface area contributed by atoms with Gasteiger partial charge in [0.15, 0.2) is 0 Å². The Balaban J connectivity index is 1.47. The van der Waals surface area contributed by atoms with Crippen molar-refractivity contribution in [1.82, 2.24) is 20.0 Å². The van der Waals surface area contributed by atoms with Crippen molar-refractivity contribution in [3.63, 3.8) is 0 Å². The normalized spacial score (nSPS) is 15.3. The number of hydrogen-bond acceptors (Lipinski definition) is 8. The van der Waals surface area contributed by atoms with Crippen LogP contribution in [0.2, 0.25) is 5.02 Å². The molecule has 2 radical (unpaired) electrons. The van der Waals surface area contributed by atoms with E-state index >= 15 is 0 Å². The van der Waals surface area contributed by atoms with Gasteiger partial charge in [0.2, 0.25) is 0 Å². The van der Waals surface area contributed by atoms with E-state index < -0.39 is 27.1 Å². The molecule has 0 spiro atoms. The van der Waals surface area contributed by atoms with Gasteiger partial charge >= 0.3 is 0 Å². The molecule has 9 nitrogen and oxygen atoms in total. The van der Waals surface area contributed by atoms with E-state index in [2.05, 4.69) is 32.0 Å². The summed E-state index contributed by atoms with van der Waals surface area (Å²) in [6.45, 7) is 0. The van der Waals surface area contributed by atoms with Crippen molar-refractivity contribution in [3.8, 4) is 6.07 Å². The molecule has 1 aliphatic carbocycles. The van der Waals surface area contributed by atoms with Crippen LogP contribution in [0.1, 0.15) is 47.3 Å². The van der Waals surface area contributed by atoms with Crippen molar-refractivity contribution in [2.45, 2.75) is 30.4 Å². The Morgan fingerprint density at radius 2 is 1.91 bits per heavy atom. The van der Waals surface area contributed by atoms with Crippen LogP contribution in [0.4, 0.5) is 15.8 Å². The second kappa shape index (κ2) is 11.6. The minimum absolute atomic E-state index is 0.199. The van der Waals surface area contributed by atoms with Gasteiger partial charge < -0.3 is 10.6 Å². The van der Waals surface area contributed by atoms with Gasteiger partial charge in [-0.15, -0.1) is 5.10 Å². The highest BCUT2D eigenvalue weighted by atomic mass is 35.5. The van der Waals surface area contributed by atoms with Crippen LogP contribution in [0, 0.1) is 17.1 Å². The quantitative estimate of drug-likeness (QED) is 0.195. The minimum atomic E-state index is -3.43. The van der Waals surface area contributed by atoms with E-state index in [-0.39, 0.29) is 22.4 Å². The van der Waals surface area contributed by atoms with Gasteiger partial charge in [-0.25, -0.2) is 17.5 Å². The number of nitrogens with one attached hydrogen (secondary N) is 2. The van der Waals surface area contributed by atoms with Crippen molar-refractivity contribution in [1.29, 1.82) is 5.26 Å². The first kappa shape index (κ1) is 29.6. The Bertz CT molecular complexity index is 2000. The maximum atomic E-state index is 13.9. The van der Waals surface area contributed by atoms with Crippen LogP contribution in [0.3, 0.4) is 0 Å². The van der Waals surface area contributed by atoms with Gasteiger partial charge in [-0.1, -0.05) is 59.3 Å². The molecule has 3 aromatic carbocycles. The van der Waals surface area contributed by atoms with Gasteiger partial charge in [-0.05, 0) is 48.2 Å². The van der Waals surface area contributed by atoms with E-state index in [0.717, 1.165) is 24.7 Å². The number of nitriles is 1. The molecule has 5 aromatic rings. The lowest BCUT2D eigenvalue weighted by Gasteiger charge is -2.32. The second-order valence-electron chi connectivity index (χ2n) is 11.0. The summed E-state index contributed by atoms with van der Waals surface area (Å²) in [5.41, 5.74) is 1.62. The lowest BCUT2D eigenvalue weighted by Crippen LogP contribution is -2.37. The predicted molar refractivity (Wildman–Crippen MR) is 169 cm³/mol. The van der Waals surface area contributed by atoms with Crippen molar-refractivity contribution < 1.29 is 12.8 Å². The van der Waals surface area contributed by atoms with Gasteiger partial charge in [-0.3, -0.25) is 4.98 Å². The average molecular weight is 626 g/mol. The Labute approximate surface area is 260 Å². The Kier molecular flexibility index (Phi) is 7.78. The smallest absolute Gasteiger partial charge is 0.149 e. The standard InChI is InChI=1S/C31H26BClFN7O2S/c1-44(42,43)18-27(19-5-3-2-4-6-19)37-29-20(15-35)16-36-30-25(29)13-23(14-26(30)33)38-31(32,21-7-9-22(34)10-8-21)28-17-41(40-39-28)24-11-12-24/h2-10,13-14,16-17,24,27,38H,11-12,18H2,1H3,(H,36,37)/t27-,31?/m1/s1. The zero-order valence-corrected chi connectivity index (χ0v) is 25.1. The summed E-state index contributed by atoms with van der Waals surface area (Å²) in [4.78, 5) is 4.42. The van der Waals surface area contributed by atoms with E-state index in [1.54, 1.807) is 35.1 Å². The molecular weight excluding hydrogens is 600 g/mol. The Morgan fingerprint density at radius 3 is 2.57 bits per heavy atom. The summed E-state index contributed by atoms with van der Waals surface area (Å²) >= 11 is 6.75. The van der Waals surface area contributed by atoms with E-state index in [1.165, 1.54) is 18.3 Å². The summed E-state index contributed by atoms with van der Waals surface area (Å²) in [6.07, 6.45) is 6.33. The third-order valence-electron chi connectivity index (χ3n) is 7.51. The first-order valence-electron chi connectivity index (χ1n) is 13.8. The molecule has 6 rings (SSSR count). The average Bonchev–Trinajstić information content (AvgIpc) is 3.72. The van der Waals surface area contributed by atoms with Gasteiger partial charge in [0.25, 0.3) is 0 Å². The molecule has 44 heavy (non-hydrogen) atoms. The largest absolute Gasteiger partial charge is 0.378 e. The molecule has 0 amide bonds. The maximum absolute atomic E-state index is 13.9. The number of rotatable bonds is 10. The van der Waals surface area contributed by atoms with E-state index in [0.29, 0.717) is 33.5 Å². The van der Waals surface area contributed by atoms with E-state index in [4.69, 9.17) is 19.4 Å². The van der Waals surface area contributed by atoms with Crippen LogP contribution >= 0.6 is 11.6 Å². The number of halogens is 2. The number of nitrogens with zero attached hydrogens (tertiary/aromatic N) is 5. The molecule has 220 valence electrons. The third-order valence-corrected chi connectivity index (χ3v) is 8.74. The molecule has 13 heteroatoms. The highest BCUT2D eigenvalue weighted by Crippen LogP contribution is 2.39. The van der Waals surface area contributed by atoms with Crippen LogP contribution in [0.5, 0.6) is 0 Å². The molecule has 1 unspecified atom stereocenters. The molecule has 0 bridgehead atoms. The number of benzene rings is 3. The topological polar surface area (TPSA) is 126 Å². The molecule has 1 fully saturated rings. The third kappa shape index (κ3) is 6.11. The molecule has 0 aliphatic heterocycles. The zero-order chi connectivity index (χ0) is 31.1. The van der Waals surface area contributed by atoms with Crippen molar-refractivity contribution in [2.24, 2.45) is 0 Å². The second-order valence-corrected chi connectivity index (χ2v) is 13.6. The van der Waals surface area contributed by atoms with Gasteiger partial charge in [0, 0.05) is 23.5 Å². The molecule has 2 N–H and O–H groups in total. The molecule has 2 heterocycles. The van der Waals surface area contributed by atoms with Crippen molar-refractivity contribution in [2.75, 3.05) is 22.6 Å². The summed E-state index contributed by atoms with van der Waals surface area (Å²) in [5, 5.41) is 26.0. The minimum Gasteiger partial charge on any atom is -0.378 e.